The zero-order chi connectivity index (χ0) is 14.8. The van der Waals surface area contributed by atoms with Crippen molar-refractivity contribution in [1.29, 1.82) is 0 Å². The first kappa shape index (κ1) is 15.0. The van der Waals surface area contributed by atoms with E-state index in [1.807, 2.05) is 23.7 Å². The molecule has 1 N–H and O–H groups in total. The molecule has 0 spiro atoms. The van der Waals surface area contributed by atoms with E-state index in [0.29, 0.717) is 12.1 Å². The van der Waals surface area contributed by atoms with Crippen LogP contribution in [0.25, 0.3) is 0 Å². The molecule has 0 radical (unpaired) electrons. The van der Waals surface area contributed by atoms with E-state index in [-0.39, 0.29) is 6.04 Å². The Morgan fingerprint density at radius 2 is 2.14 bits per heavy atom. The first-order chi connectivity index (χ1) is 10.1. The van der Waals surface area contributed by atoms with Crippen LogP contribution in [0.2, 0.25) is 5.02 Å². The van der Waals surface area contributed by atoms with E-state index in [1.54, 1.807) is 11.3 Å². The summed E-state index contributed by atoms with van der Waals surface area (Å²) >= 11 is 7.72. The highest BCUT2D eigenvalue weighted by Crippen LogP contribution is 2.33. The van der Waals surface area contributed by atoms with Gasteiger partial charge in [-0.3, -0.25) is 4.90 Å². The molecule has 5 heteroatoms. The Kier molecular flexibility index (Phi) is 4.60. The summed E-state index contributed by atoms with van der Waals surface area (Å²) in [6.07, 6.45) is 3.02. The van der Waals surface area contributed by atoms with Crippen molar-refractivity contribution in [3.05, 3.63) is 51.4 Å². The smallest absolute Gasteiger partial charge is 0.109 e. The number of hydrogen-bond acceptors (Lipinski definition) is 4. The van der Waals surface area contributed by atoms with Crippen molar-refractivity contribution in [2.45, 2.75) is 31.5 Å². The van der Waals surface area contributed by atoms with Gasteiger partial charge in [-0.25, -0.2) is 4.98 Å². The summed E-state index contributed by atoms with van der Waals surface area (Å²) in [5.74, 6) is 0. The minimum Gasteiger partial charge on any atom is -0.303 e. The van der Waals surface area contributed by atoms with E-state index in [1.165, 1.54) is 5.56 Å². The lowest BCUT2D eigenvalue weighted by atomic mass is 9.99. The quantitative estimate of drug-likeness (QED) is 0.926. The molecule has 3 nitrogen and oxygen atoms in total. The Balaban J connectivity index is 1.76. The number of benzene rings is 1. The van der Waals surface area contributed by atoms with Gasteiger partial charge in [-0.15, -0.1) is 11.3 Å². The molecular formula is C16H20ClN3S. The Hall–Kier alpha value is -0.940. The maximum absolute atomic E-state index is 6.01. The van der Waals surface area contributed by atoms with Gasteiger partial charge in [-0.1, -0.05) is 23.7 Å². The predicted molar refractivity (Wildman–Crippen MR) is 88.9 cm³/mol. The first-order valence-electron chi connectivity index (χ1n) is 7.26. The average Bonchev–Trinajstić information content (AvgIpc) is 3.11. The molecule has 0 amide bonds. The van der Waals surface area contributed by atoms with Crippen LogP contribution in [0.3, 0.4) is 0 Å². The van der Waals surface area contributed by atoms with E-state index in [0.717, 1.165) is 23.0 Å². The second-order valence-electron chi connectivity index (χ2n) is 5.63. The number of nitrogens with one attached hydrogen (secondary N) is 1. The van der Waals surface area contributed by atoms with E-state index in [9.17, 15) is 0 Å². The largest absolute Gasteiger partial charge is 0.303 e. The highest BCUT2D eigenvalue weighted by Gasteiger charge is 2.33. The second kappa shape index (κ2) is 6.44. The maximum Gasteiger partial charge on any atom is 0.109 e. The van der Waals surface area contributed by atoms with Crippen molar-refractivity contribution < 1.29 is 0 Å². The van der Waals surface area contributed by atoms with Crippen LogP contribution in [-0.4, -0.2) is 29.5 Å². The fourth-order valence-corrected chi connectivity index (χ4v) is 3.89. The fourth-order valence-electron chi connectivity index (χ4n) is 3.11. The number of halogens is 1. The predicted octanol–water partition coefficient (Wildman–Crippen LogP) is 3.89. The highest BCUT2D eigenvalue weighted by atomic mass is 35.5. The minimum atomic E-state index is 0.288. The van der Waals surface area contributed by atoms with Crippen molar-refractivity contribution in [2.75, 3.05) is 13.6 Å². The molecule has 21 heavy (non-hydrogen) atoms. The molecule has 1 saturated heterocycles. The van der Waals surface area contributed by atoms with Crippen LogP contribution < -0.4 is 5.32 Å². The van der Waals surface area contributed by atoms with E-state index in [4.69, 9.17) is 11.6 Å². The molecule has 1 aromatic carbocycles. The topological polar surface area (TPSA) is 28.2 Å². The summed E-state index contributed by atoms with van der Waals surface area (Å²) in [5.41, 5.74) is 1.32. The zero-order valence-electron chi connectivity index (χ0n) is 12.3. The molecule has 1 aliphatic heterocycles. The number of likely N-dealkylation sites (N-methyl/N-ethyl adjacent to an activating group) is 1. The molecule has 0 unspecified atom stereocenters. The lowest BCUT2D eigenvalue weighted by Crippen LogP contribution is -2.36. The molecule has 1 aliphatic rings. The lowest BCUT2D eigenvalue weighted by molar-refractivity contribution is 0.278. The third kappa shape index (κ3) is 3.29. The van der Waals surface area contributed by atoms with Crippen LogP contribution in [0.15, 0.2) is 35.8 Å². The SMILES string of the molecule is C[C@H](N[C@@H]1CCN(C)[C@@H]1c1ccc(Cl)cc1)c1nccs1. The summed E-state index contributed by atoms with van der Waals surface area (Å²) in [5, 5.41) is 7.72. The van der Waals surface area contributed by atoms with Crippen LogP contribution in [0.4, 0.5) is 0 Å². The number of likely N-dealkylation sites (tertiary alicyclic amines) is 1. The van der Waals surface area contributed by atoms with E-state index in [2.05, 4.69) is 41.3 Å². The molecule has 1 fully saturated rings. The molecule has 112 valence electrons. The normalized spacial score (nSPS) is 24.3. The van der Waals surface area contributed by atoms with Crippen molar-refractivity contribution in [3.8, 4) is 0 Å². The molecule has 0 saturated carbocycles. The molecule has 0 aliphatic carbocycles. The molecule has 0 bridgehead atoms. The van der Waals surface area contributed by atoms with Crippen molar-refractivity contribution in [3.63, 3.8) is 0 Å². The Bertz CT molecular complexity index is 570. The molecule has 3 rings (SSSR count). The first-order valence-corrected chi connectivity index (χ1v) is 8.52. The van der Waals surface area contributed by atoms with Gasteiger partial charge in [0.05, 0.1) is 6.04 Å². The summed E-state index contributed by atoms with van der Waals surface area (Å²) in [7, 11) is 2.19. The number of aromatic nitrogens is 1. The van der Waals surface area contributed by atoms with E-state index < -0.39 is 0 Å². The van der Waals surface area contributed by atoms with Crippen LogP contribution in [-0.2, 0) is 0 Å². The Morgan fingerprint density at radius 3 is 2.81 bits per heavy atom. The Labute approximate surface area is 135 Å². The molecular weight excluding hydrogens is 302 g/mol. The number of thiazole rings is 1. The van der Waals surface area contributed by atoms with Crippen molar-refractivity contribution in [2.24, 2.45) is 0 Å². The van der Waals surface area contributed by atoms with Crippen LogP contribution in [0.1, 0.15) is 36.0 Å². The van der Waals surface area contributed by atoms with Gasteiger partial charge in [0, 0.05) is 35.2 Å². The van der Waals surface area contributed by atoms with Crippen LogP contribution in [0.5, 0.6) is 0 Å². The summed E-state index contributed by atoms with van der Waals surface area (Å²) < 4.78 is 0. The fraction of sp³-hybridized carbons (Fsp3) is 0.438. The van der Waals surface area contributed by atoms with Gasteiger partial charge in [-0.05, 0) is 38.1 Å². The third-order valence-corrected chi connectivity index (χ3v) is 5.36. The zero-order valence-corrected chi connectivity index (χ0v) is 13.9. The monoisotopic (exact) mass is 321 g/mol. The van der Waals surface area contributed by atoms with Gasteiger partial charge in [0.15, 0.2) is 0 Å². The molecule has 2 aromatic rings. The molecule has 1 aromatic heterocycles. The standard InChI is InChI=1S/C16H20ClN3S/c1-11(16-18-8-10-21-16)19-14-7-9-20(2)15(14)12-3-5-13(17)6-4-12/h3-6,8,10-11,14-15,19H,7,9H2,1-2H3/t11-,14+,15+/m0/s1. The molecule has 3 atom stereocenters. The maximum atomic E-state index is 6.01. The summed E-state index contributed by atoms with van der Waals surface area (Å²) in [4.78, 5) is 6.82. The van der Waals surface area contributed by atoms with Crippen molar-refractivity contribution in [1.82, 2.24) is 15.2 Å². The van der Waals surface area contributed by atoms with Gasteiger partial charge < -0.3 is 5.32 Å². The Morgan fingerprint density at radius 1 is 1.38 bits per heavy atom. The number of nitrogens with zero attached hydrogens (tertiary/aromatic N) is 2. The summed E-state index contributed by atoms with van der Waals surface area (Å²) in [6.45, 7) is 3.30. The second-order valence-corrected chi connectivity index (χ2v) is 6.99. The lowest BCUT2D eigenvalue weighted by Gasteiger charge is -2.28. The average molecular weight is 322 g/mol. The highest BCUT2D eigenvalue weighted by molar-refractivity contribution is 7.09. The van der Waals surface area contributed by atoms with Gasteiger partial charge in [0.25, 0.3) is 0 Å². The van der Waals surface area contributed by atoms with Gasteiger partial charge in [0.1, 0.15) is 5.01 Å². The van der Waals surface area contributed by atoms with E-state index >= 15 is 0 Å². The number of hydrogen-bond donors (Lipinski definition) is 1. The molecule has 2 heterocycles. The summed E-state index contributed by atoms with van der Waals surface area (Å²) in [6, 6.07) is 9.35. The van der Waals surface area contributed by atoms with Gasteiger partial charge >= 0.3 is 0 Å². The van der Waals surface area contributed by atoms with Crippen LogP contribution in [0, 0.1) is 0 Å². The number of rotatable bonds is 4. The van der Waals surface area contributed by atoms with Crippen molar-refractivity contribution >= 4 is 22.9 Å². The van der Waals surface area contributed by atoms with Crippen LogP contribution >= 0.6 is 22.9 Å². The third-order valence-electron chi connectivity index (χ3n) is 4.15. The minimum absolute atomic E-state index is 0.288. The van der Waals surface area contributed by atoms with Gasteiger partial charge in [-0.2, -0.15) is 0 Å². The van der Waals surface area contributed by atoms with Gasteiger partial charge in [0.2, 0.25) is 0 Å².